The molecule has 0 atom stereocenters. The second-order valence-corrected chi connectivity index (χ2v) is 7.86. The van der Waals surface area contributed by atoms with Gasteiger partial charge in [0.05, 0.1) is 0 Å². The SMILES string of the molecule is CCNCc1cccc(NC(=O)CCNC(=O)c2ccc(C(C)(C)C)cc2)c1.Cl. The molecule has 0 radical (unpaired) electrons. The Balaban J connectivity index is 0.00000420. The van der Waals surface area contributed by atoms with Gasteiger partial charge in [-0.3, -0.25) is 9.59 Å². The van der Waals surface area contributed by atoms with Gasteiger partial charge in [0.15, 0.2) is 0 Å². The largest absolute Gasteiger partial charge is 0.352 e. The highest BCUT2D eigenvalue weighted by atomic mass is 35.5. The van der Waals surface area contributed by atoms with Gasteiger partial charge in [0.25, 0.3) is 5.91 Å². The van der Waals surface area contributed by atoms with Crippen LogP contribution in [0.1, 0.15) is 55.6 Å². The van der Waals surface area contributed by atoms with E-state index in [-0.39, 0.29) is 36.1 Å². The fourth-order valence-corrected chi connectivity index (χ4v) is 2.77. The fourth-order valence-electron chi connectivity index (χ4n) is 2.77. The molecule has 2 aromatic rings. The molecule has 6 heteroatoms. The van der Waals surface area contributed by atoms with Crippen molar-refractivity contribution < 1.29 is 9.59 Å². The molecule has 0 aliphatic carbocycles. The molecule has 0 fully saturated rings. The number of carbonyl (C=O) groups excluding carboxylic acids is 2. The highest BCUT2D eigenvalue weighted by molar-refractivity contribution is 5.95. The summed E-state index contributed by atoms with van der Waals surface area (Å²) in [5.74, 6) is -0.287. The van der Waals surface area contributed by atoms with E-state index in [9.17, 15) is 9.59 Å². The van der Waals surface area contributed by atoms with Crippen molar-refractivity contribution in [3.63, 3.8) is 0 Å². The maximum atomic E-state index is 12.2. The molecule has 0 saturated heterocycles. The summed E-state index contributed by atoms with van der Waals surface area (Å²) < 4.78 is 0. The van der Waals surface area contributed by atoms with Crippen molar-refractivity contribution in [2.24, 2.45) is 0 Å². The van der Waals surface area contributed by atoms with Crippen molar-refractivity contribution in [2.45, 2.75) is 46.1 Å². The van der Waals surface area contributed by atoms with Gasteiger partial charge < -0.3 is 16.0 Å². The maximum absolute atomic E-state index is 12.2. The van der Waals surface area contributed by atoms with Crippen molar-refractivity contribution in [3.05, 3.63) is 65.2 Å². The number of amides is 2. The molecular weight excluding hydrogens is 386 g/mol. The lowest BCUT2D eigenvalue weighted by Crippen LogP contribution is -2.27. The van der Waals surface area contributed by atoms with E-state index < -0.39 is 0 Å². The highest BCUT2D eigenvalue weighted by Crippen LogP contribution is 2.22. The summed E-state index contributed by atoms with van der Waals surface area (Å²) in [5, 5.41) is 8.94. The van der Waals surface area contributed by atoms with Crippen molar-refractivity contribution in [1.29, 1.82) is 0 Å². The van der Waals surface area contributed by atoms with Crippen LogP contribution in [0.3, 0.4) is 0 Å². The molecule has 0 aromatic heterocycles. The van der Waals surface area contributed by atoms with Crippen LogP contribution >= 0.6 is 12.4 Å². The van der Waals surface area contributed by atoms with Gasteiger partial charge in [-0.15, -0.1) is 12.4 Å². The second kappa shape index (κ2) is 11.6. The Bertz CT molecular complexity index is 799. The van der Waals surface area contributed by atoms with Gasteiger partial charge in [0, 0.05) is 30.8 Å². The topological polar surface area (TPSA) is 70.2 Å². The molecule has 0 unspecified atom stereocenters. The average molecular weight is 418 g/mol. The van der Waals surface area contributed by atoms with Gasteiger partial charge in [-0.05, 0) is 47.4 Å². The van der Waals surface area contributed by atoms with Crippen molar-refractivity contribution in [1.82, 2.24) is 10.6 Å². The molecule has 0 bridgehead atoms. The first-order valence-corrected chi connectivity index (χ1v) is 9.78. The van der Waals surface area contributed by atoms with E-state index in [4.69, 9.17) is 0 Å². The van der Waals surface area contributed by atoms with Crippen LogP contribution < -0.4 is 16.0 Å². The molecule has 0 aliphatic rings. The minimum absolute atomic E-state index is 0. The van der Waals surface area contributed by atoms with Crippen LogP contribution in [-0.4, -0.2) is 24.9 Å². The zero-order valence-electron chi connectivity index (χ0n) is 17.7. The minimum atomic E-state index is -0.166. The first kappa shape index (κ1) is 24.7. The van der Waals surface area contributed by atoms with Crippen molar-refractivity contribution >= 4 is 29.9 Å². The van der Waals surface area contributed by atoms with Crippen LogP contribution in [0, 0.1) is 0 Å². The summed E-state index contributed by atoms with van der Waals surface area (Å²) in [6, 6.07) is 15.4. The molecule has 0 aliphatic heterocycles. The fraction of sp³-hybridized carbons (Fsp3) is 0.391. The monoisotopic (exact) mass is 417 g/mol. The quantitative estimate of drug-likeness (QED) is 0.600. The average Bonchev–Trinajstić information content (AvgIpc) is 2.66. The third-order valence-electron chi connectivity index (χ3n) is 4.44. The van der Waals surface area contributed by atoms with E-state index in [2.05, 4.69) is 43.6 Å². The molecule has 2 aromatic carbocycles. The van der Waals surface area contributed by atoms with Crippen LogP contribution in [0.25, 0.3) is 0 Å². The molecule has 0 heterocycles. The Labute approximate surface area is 180 Å². The normalized spacial score (nSPS) is 10.8. The number of hydrogen-bond donors (Lipinski definition) is 3. The molecule has 2 rings (SSSR count). The van der Waals surface area contributed by atoms with Gasteiger partial charge in [0.2, 0.25) is 5.91 Å². The lowest BCUT2D eigenvalue weighted by molar-refractivity contribution is -0.116. The highest BCUT2D eigenvalue weighted by Gasteiger charge is 2.14. The third kappa shape index (κ3) is 8.26. The predicted octanol–water partition coefficient (Wildman–Crippen LogP) is 4.27. The Hall–Kier alpha value is -2.37. The molecule has 0 saturated carbocycles. The van der Waals surface area contributed by atoms with Gasteiger partial charge in [-0.2, -0.15) is 0 Å². The van der Waals surface area contributed by atoms with Gasteiger partial charge in [-0.25, -0.2) is 0 Å². The summed E-state index contributed by atoms with van der Waals surface area (Å²) in [7, 11) is 0. The number of halogens is 1. The summed E-state index contributed by atoms with van der Waals surface area (Å²) in [6.45, 7) is 10.4. The number of carbonyl (C=O) groups is 2. The molecule has 158 valence electrons. The second-order valence-electron chi connectivity index (χ2n) is 7.86. The number of anilines is 1. The van der Waals surface area contributed by atoms with Gasteiger partial charge in [0.1, 0.15) is 0 Å². The molecule has 29 heavy (non-hydrogen) atoms. The van der Waals surface area contributed by atoms with E-state index in [0.29, 0.717) is 12.1 Å². The van der Waals surface area contributed by atoms with Crippen LogP contribution in [0.15, 0.2) is 48.5 Å². The van der Waals surface area contributed by atoms with Crippen LogP contribution in [0.2, 0.25) is 0 Å². The summed E-state index contributed by atoms with van der Waals surface area (Å²) >= 11 is 0. The number of nitrogens with one attached hydrogen (secondary N) is 3. The molecule has 3 N–H and O–H groups in total. The van der Waals surface area contributed by atoms with E-state index in [1.807, 2.05) is 48.5 Å². The molecule has 5 nitrogen and oxygen atoms in total. The number of rotatable bonds is 8. The van der Waals surface area contributed by atoms with Gasteiger partial charge in [-0.1, -0.05) is 52.0 Å². The predicted molar refractivity (Wildman–Crippen MR) is 122 cm³/mol. The Kier molecular flexibility index (Phi) is 9.86. The lowest BCUT2D eigenvalue weighted by Gasteiger charge is -2.19. The molecular formula is C23H32ClN3O2. The smallest absolute Gasteiger partial charge is 0.251 e. The third-order valence-corrected chi connectivity index (χ3v) is 4.44. The van der Waals surface area contributed by atoms with E-state index in [1.165, 1.54) is 5.56 Å². The van der Waals surface area contributed by atoms with Crippen LogP contribution in [0.4, 0.5) is 5.69 Å². The number of benzene rings is 2. The Morgan fingerprint density at radius 1 is 1.00 bits per heavy atom. The van der Waals surface area contributed by atoms with Crippen LogP contribution in [0.5, 0.6) is 0 Å². The van der Waals surface area contributed by atoms with E-state index in [0.717, 1.165) is 24.3 Å². The first-order valence-electron chi connectivity index (χ1n) is 9.78. The first-order chi connectivity index (χ1) is 13.3. The maximum Gasteiger partial charge on any atom is 0.251 e. The lowest BCUT2D eigenvalue weighted by atomic mass is 9.87. The van der Waals surface area contributed by atoms with Gasteiger partial charge >= 0.3 is 0 Å². The summed E-state index contributed by atoms with van der Waals surface area (Å²) in [6.07, 6.45) is 0.225. The standard InChI is InChI=1S/C23H31N3O2.ClH/c1-5-24-16-17-7-6-8-20(15-17)26-21(27)13-14-25-22(28)18-9-11-19(12-10-18)23(2,3)4;/h6-12,15,24H,5,13-14,16H2,1-4H3,(H,25,28)(H,26,27);1H. The Morgan fingerprint density at radius 2 is 1.69 bits per heavy atom. The van der Waals surface area contributed by atoms with E-state index in [1.54, 1.807) is 0 Å². The summed E-state index contributed by atoms with van der Waals surface area (Å²) in [4.78, 5) is 24.4. The summed E-state index contributed by atoms with van der Waals surface area (Å²) in [5.41, 5.74) is 3.72. The zero-order valence-corrected chi connectivity index (χ0v) is 18.5. The molecule has 0 spiro atoms. The van der Waals surface area contributed by atoms with Crippen molar-refractivity contribution in [2.75, 3.05) is 18.4 Å². The Morgan fingerprint density at radius 3 is 2.31 bits per heavy atom. The number of hydrogen-bond acceptors (Lipinski definition) is 3. The minimum Gasteiger partial charge on any atom is -0.352 e. The molecule has 2 amide bonds. The van der Waals surface area contributed by atoms with E-state index >= 15 is 0 Å². The van der Waals surface area contributed by atoms with Crippen molar-refractivity contribution in [3.8, 4) is 0 Å². The van der Waals surface area contributed by atoms with Crippen LogP contribution in [-0.2, 0) is 16.8 Å². The zero-order chi connectivity index (χ0) is 20.6.